The molecule has 0 spiro atoms. The summed E-state index contributed by atoms with van der Waals surface area (Å²) in [6.45, 7) is 2.11. The third-order valence-corrected chi connectivity index (χ3v) is 5.16. The summed E-state index contributed by atoms with van der Waals surface area (Å²) in [4.78, 5) is 14.9. The molecule has 3 aromatic rings. The minimum absolute atomic E-state index is 0.0174. The van der Waals surface area contributed by atoms with Crippen LogP contribution in [-0.4, -0.2) is 35.3 Å². The van der Waals surface area contributed by atoms with Gasteiger partial charge in [-0.3, -0.25) is 4.79 Å². The van der Waals surface area contributed by atoms with Crippen LogP contribution in [0.5, 0.6) is 0 Å². The summed E-state index contributed by atoms with van der Waals surface area (Å²) in [5.41, 5.74) is 9.33. The number of aromatic nitrogens is 1. The van der Waals surface area contributed by atoms with Crippen molar-refractivity contribution < 1.29 is 9.90 Å². The molecule has 0 saturated heterocycles. The number of para-hydroxylation sites is 1. The van der Waals surface area contributed by atoms with E-state index < -0.39 is 0 Å². The second kappa shape index (κ2) is 6.94. The molecule has 2 aromatic carbocycles. The lowest BCUT2D eigenvalue weighted by Gasteiger charge is -2.18. The van der Waals surface area contributed by atoms with Crippen molar-refractivity contribution in [3.8, 4) is 0 Å². The third kappa shape index (κ3) is 2.79. The van der Waals surface area contributed by atoms with Crippen LogP contribution in [0.2, 0.25) is 0 Å². The molecule has 0 saturated carbocycles. The Bertz CT molecular complexity index is 947. The number of nitrogens with two attached hydrogens (primary N) is 1. The van der Waals surface area contributed by atoms with E-state index in [1.807, 2.05) is 54.7 Å². The van der Waals surface area contributed by atoms with Crippen LogP contribution in [0.3, 0.4) is 0 Å². The van der Waals surface area contributed by atoms with Crippen molar-refractivity contribution in [2.75, 3.05) is 24.6 Å². The van der Waals surface area contributed by atoms with Crippen molar-refractivity contribution in [1.29, 1.82) is 0 Å². The van der Waals surface area contributed by atoms with Gasteiger partial charge in [0.1, 0.15) is 0 Å². The number of amides is 1. The Balaban J connectivity index is 1.65. The van der Waals surface area contributed by atoms with Crippen LogP contribution in [0, 0.1) is 0 Å². The van der Waals surface area contributed by atoms with Crippen LogP contribution in [0.4, 0.5) is 5.69 Å². The first-order valence-electron chi connectivity index (χ1n) is 9.03. The molecule has 2 heterocycles. The predicted molar refractivity (Wildman–Crippen MR) is 104 cm³/mol. The largest absolute Gasteiger partial charge is 0.396 e. The fourth-order valence-corrected chi connectivity index (χ4v) is 3.79. The van der Waals surface area contributed by atoms with E-state index in [4.69, 9.17) is 5.73 Å². The number of benzene rings is 2. The number of hydrogen-bond acceptors (Lipinski definition) is 3. The standard InChI is InChI=1S/C21H23N3O2/c22-9-3-10-23-11-8-15-12-16(6-7-19(15)23)21(26)24-13-17(14-25)18-4-1-2-5-20(18)24/h1-2,4-8,11-12,17,25H,3,9-10,13-14,22H2. The van der Waals surface area contributed by atoms with Crippen LogP contribution in [-0.2, 0) is 6.54 Å². The van der Waals surface area contributed by atoms with Crippen LogP contribution in [0.15, 0.2) is 54.7 Å². The second-order valence-corrected chi connectivity index (χ2v) is 6.78. The molecule has 0 radical (unpaired) electrons. The molecule has 134 valence electrons. The molecule has 0 aliphatic carbocycles. The van der Waals surface area contributed by atoms with Crippen LogP contribution in [0.25, 0.3) is 10.9 Å². The van der Waals surface area contributed by atoms with Gasteiger partial charge in [0.2, 0.25) is 0 Å². The fraction of sp³-hybridized carbons (Fsp3) is 0.286. The van der Waals surface area contributed by atoms with Gasteiger partial charge in [0.15, 0.2) is 0 Å². The highest BCUT2D eigenvalue weighted by atomic mass is 16.3. The van der Waals surface area contributed by atoms with Crippen molar-refractivity contribution in [2.24, 2.45) is 5.73 Å². The summed E-state index contributed by atoms with van der Waals surface area (Å²) in [6, 6.07) is 15.7. The van der Waals surface area contributed by atoms with Crippen molar-refractivity contribution in [2.45, 2.75) is 18.9 Å². The number of carbonyl (C=O) groups is 1. The normalized spacial score (nSPS) is 16.2. The number of fused-ring (bicyclic) bond motifs is 2. The van der Waals surface area contributed by atoms with E-state index in [1.165, 1.54) is 0 Å². The third-order valence-electron chi connectivity index (χ3n) is 5.16. The van der Waals surface area contributed by atoms with E-state index in [0.717, 1.165) is 35.1 Å². The molecule has 1 aromatic heterocycles. The molecule has 1 amide bonds. The zero-order chi connectivity index (χ0) is 18.1. The quantitative estimate of drug-likeness (QED) is 0.744. The molecule has 1 unspecified atom stereocenters. The first kappa shape index (κ1) is 16.8. The van der Waals surface area contributed by atoms with Crippen molar-refractivity contribution >= 4 is 22.5 Å². The topological polar surface area (TPSA) is 71.5 Å². The molecule has 26 heavy (non-hydrogen) atoms. The summed E-state index contributed by atoms with van der Waals surface area (Å²) >= 11 is 0. The number of rotatable bonds is 5. The summed E-state index contributed by atoms with van der Waals surface area (Å²) in [5, 5.41) is 10.7. The Morgan fingerprint density at radius 1 is 1.19 bits per heavy atom. The van der Waals surface area contributed by atoms with Gasteiger partial charge in [-0.25, -0.2) is 0 Å². The molecule has 1 aliphatic heterocycles. The van der Waals surface area contributed by atoms with Gasteiger partial charge in [0.25, 0.3) is 5.91 Å². The highest BCUT2D eigenvalue weighted by Gasteiger charge is 2.32. The van der Waals surface area contributed by atoms with E-state index in [-0.39, 0.29) is 18.4 Å². The molecule has 4 rings (SSSR count). The van der Waals surface area contributed by atoms with E-state index in [1.54, 1.807) is 4.90 Å². The SMILES string of the molecule is NCCCn1ccc2cc(C(=O)N3CC(CO)c4ccccc43)ccc21. The minimum atomic E-state index is -0.0231. The van der Waals surface area contributed by atoms with Gasteiger partial charge in [-0.15, -0.1) is 0 Å². The van der Waals surface area contributed by atoms with E-state index in [0.29, 0.717) is 18.7 Å². The molecule has 5 nitrogen and oxygen atoms in total. The average Bonchev–Trinajstić information content (AvgIpc) is 3.26. The summed E-state index contributed by atoms with van der Waals surface area (Å²) in [7, 11) is 0. The van der Waals surface area contributed by atoms with E-state index >= 15 is 0 Å². The Morgan fingerprint density at radius 2 is 2.04 bits per heavy atom. The highest BCUT2D eigenvalue weighted by Crippen LogP contribution is 2.36. The number of nitrogens with zero attached hydrogens (tertiary/aromatic N) is 2. The molecule has 3 N–H and O–H groups in total. The Labute approximate surface area is 152 Å². The van der Waals surface area contributed by atoms with Gasteiger partial charge in [-0.2, -0.15) is 0 Å². The number of hydrogen-bond donors (Lipinski definition) is 2. The van der Waals surface area contributed by atoms with Gasteiger partial charge in [0, 0.05) is 47.4 Å². The van der Waals surface area contributed by atoms with Crippen LogP contribution >= 0.6 is 0 Å². The number of anilines is 1. The lowest BCUT2D eigenvalue weighted by molar-refractivity contribution is 0.0987. The maximum absolute atomic E-state index is 13.1. The van der Waals surface area contributed by atoms with Gasteiger partial charge in [0.05, 0.1) is 6.61 Å². The average molecular weight is 349 g/mol. The monoisotopic (exact) mass is 349 g/mol. The maximum Gasteiger partial charge on any atom is 0.258 e. The van der Waals surface area contributed by atoms with Crippen LogP contribution < -0.4 is 10.6 Å². The molecule has 0 fully saturated rings. The summed E-state index contributed by atoms with van der Waals surface area (Å²) in [5.74, 6) is -0.0405. The Hall–Kier alpha value is -2.63. The first-order chi connectivity index (χ1) is 12.7. The van der Waals surface area contributed by atoms with Crippen molar-refractivity contribution in [3.63, 3.8) is 0 Å². The Kier molecular flexibility index (Phi) is 4.49. The zero-order valence-corrected chi connectivity index (χ0v) is 14.6. The number of aryl methyl sites for hydroxylation is 1. The summed E-state index contributed by atoms with van der Waals surface area (Å²) < 4.78 is 2.17. The highest BCUT2D eigenvalue weighted by molar-refractivity contribution is 6.09. The molecule has 1 atom stereocenters. The fourth-order valence-electron chi connectivity index (χ4n) is 3.79. The first-order valence-corrected chi connectivity index (χ1v) is 9.03. The predicted octanol–water partition coefficient (Wildman–Crippen LogP) is 2.73. The maximum atomic E-state index is 13.1. The number of aliphatic hydroxyl groups excluding tert-OH is 1. The van der Waals surface area contributed by atoms with E-state index in [9.17, 15) is 9.90 Å². The lowest BCUT2D eigenvalue weighted by Crippen LogP contribution is -2.30. The number of aliphatic hydroxyl groups is 1. The molecule has 5 heteroatoms. The lowest BCUT2D eigenvalue weighted by atomic mass is 10.0. The smallest absolute Gasteiger partial charge is 0.258 e. The zero-order valence-electron chi connectivity index (χ0n) is 14.6. The molecule has 1 aliphatic rings. The van der Waals surface area contributed by atoms with Crippen molar-refractivity contribution in [1.82, 2.24) is 4.57 Å². The second-order valence-electron chi connectivity index (χ2n) is 6.78. The Morgan fingerprint density at radius 3 is 2.85 bits per heavy atom. The molecular formula is C21H23N3O2. The van der Waals surface area contributed by atoms with Crippen LogP contribution in [0.1, 0.15) is 28.3 Å². The van der Waals surface area contributed by atoms with Gasteiger partial charge < -0.3 is 20.3 Å². The molecule has 0 bridgehead atoms. The van der Waals surface area contributed by atoms with E-state index in [2.05, 4.69) is 4.57 Å². The van der Waals surface area contributed by atoms with Gasteiger partial charge >= 0.3 is 0 Å². The molecular weight excluding hydrogens is 326 g/mol. The van der Waals surface area contributed by atoms with Crippen molar-refractivity contribution in [3.05, 3.63) is 65.9 Å². The minimum Gasteiger partial charge on any atom is -0.396 e. The summed E-state index contributed by atoms with van der Waals surface area (Å²) in [6.07, 6.45) is 2.97. The van der Waals surface area contributed by atoms with Gasteiger partial charge in [-0.1, -0.05) is 18.2 Å². The number of carbonyl (C=O) groups excluding carboxylic acids is 1. The van der Waals surface area contributed by atoms with Gasteiger partial charge in [-0.05, 0) is 48.9 Å².